The van der Waals surface area contributed by atoms with Crippen molar-refractivity contribution in [3.63, 3.8) is 0 Å². The Morgan fingerprint density at radius 3 is 2.68 bits per heavy atom. The fourth-order valence-electron chi connectivity index (χ4n) is 6.57. The summed E-state index contributed by atoms with van der Waals surface area (Å²) in [5.41, 5.74) is 3.09. The third-order valence-electron chi connectivity index (χ3n) is 9.09. The van der Waals surface area contributed by atoms with Gasteiger partial charge in [0, 0.05) is 73.1 Å². The molecule has 0 bridgehead atoms. The average molecular weight is 639 g/mol. The Labute approximate surface area is 264 Å². The molecule has 6 rings (SSSR count). The van der Waals surface area contributed by atoms with Crippen LogP contribution in [0.15, 0.2) is 47.9 Å². The number of aromatic nitrogens is 2. The van der Waals surface area contributed by atoms with Crippen LogP contribution in [0.1, 0.15) is 30.5 Å². The molecule has 3 aromatic rings. The van der Waals surface area contributed by atoms with Crippen LogP contribution in [0.2, 0.25) is 5.02 Å². The topological polar surface area (TPSA) is 99.2 Å². The second-order valence-electron chi connectivity index (χ2n) is 12.1. The number of halogens is 1. The summed E-state index contributed by atoms with van der Waals surface area (Å²) < 4.78 is 29.3. The van der Waals surface area contributed by atoms with E-state index in [9.17, 15) is 13.2 Å². The Hall–Kier alpha value is -3.41. The van der Waals surface area contributed by atoms with E-state index in [1.165, 1.54) is 0 Å². The molecule has 0 N–H and O–H groups in total. The molecule has 2 unspecified atom stereocenters. The Balaban J connectivity index is 1.29. The van der Waals surface area contributed by atoms with Gasteiger partial charge in [-0.2, -0.15) is 9.97 Å². The summed E-state index contributed by atoms with van der Waals surface area (Å²) in [6.45, 7) is 3.98. The first kappa shape index (κ1) is 30.6. The maximum absolute atomic E-state index is 12.7. The van der Waals surface area contributed by atoms with Crippen LogP contribution in [0.5, 0.6) is 6.01 Å². The maximum Gasteiger partial charge on any atom is 0.318 e. The van der Waals surface area contributed by atoms with Crippen LogP contribution in [0.25, 0.3) is 10.8 Å². The Kier molecular flexibility index (Phi) is 8.72. The lowest BCUT2D eigenvalue weighted by Gasteiger charge is -2.35. The molecule has 234 valence electrons. The minimum atomic E-state index is -3.37. The van der Waals surface area contributed by atoms with Crippen molar-refractivity contribution in [2.24, 2.45) is 0 Å². The predicted molar refractivity (Wildman–Crippen MR) is 174 cm³/mol. The minimum Gasteiger partial charge on any atom is -0.462 e. The number of carbonyl (C=O) groups excluding carboxylic acids is 1. The number of likely N-dealkylation sites (N-methyl/N-ethyl adjacent to an activating group) is 2. The third kappa shape index (κ3) is 6.50. The van der Waals surface area contributed by atoms with Gasteiger partial charge in [-0.15, -0.1) is 0 Å². The molecule has 0 saturated carbocycles. The van der Waals surface area contributed by atoms with Crippen molar-refractivity contribution in [2.45, 2.75) is 44.3 Å². The SMILES string of the molecule is CN1CCCC1COc1nc2c(c(N(C)C3CCN(C(=O)/C=C/S(C)(=O)=O)C3)n1)CCN(c1cccc3cccc(Cl)c13)C2. The highest BCUT2D eigenvalue weighted by Crippen LogP contribution is 2.37. The summed E-state index contributed by atoms with van der Waals surface area (Å²) in [5, 5.41) is 3.82. The van der Waals surface area contributed by atoms with Crippen molar-refractivity contribution in [2.75, 3.05) is 62.9 Å². The zero-order valence-corrected chi connectivity index (χ0v) is 27.0. The predicted octanol–water partition coefficient (Wildman–Crippen LogP) is 3.91. The van der Waals surface area contributed by atoms with Crippen molar-refractivity contribution in [3.05, 3.63) is 64.2 Å². The van der Waals surface area contributed by atoms with E-state index in [2.05, 4.69) is 46.0 Å². The smallest absolute Gasteiger partial charge is 0.318 e. The molecule has 0 radical (unpaired) electrons. The van der Waals surface area contributed by atoms with Gasteiger partial charge in [0.25, 0.3) is 0 Å². The molecule has 44 heavy (non-hydrogen) atoms. The zero-order chi connectivity index (χ0) is 31.0. The van der Waals surface area contributed by atoms with E-state index in [0.717, 1.165) is 95.1 Å². The standard InChI is InChI=1S/C32H39ClN6O4S/c1-36-15-6-9-24(36)21-43-32-34-27-20-38(28-11-5-8-22-7-4-10-26(33)30(22)28)17-13-25(27)31(35-32)37(2)23-12-16-39(19-23)29(40)14-18-44(3,41)42/h4-5,7-8,10-11,14,18,23-24H,6,9,12-13,15-17,19-21H2,1-3H3/b18-14+. The van der Waals surface area contributed by atoms with Crippen molar-refractivity contribution < 1.29 is 17.9 Å². The lowest BCUT2D eigenvalue weighted by Crippen LogP contribution is -2.39. The van der Waals surface area contributed by atoms with E-state index in [0.29, 0.717) is 38.3 Å². The molecule has 1 aromatic heterocycles. The summed E-state index contributed by atoms with van der Waals surface area (Å²) in [6, 6.07) is 13.0. The first-order valence-electron chi connectivity index (χ1n) is 15.1. The molecule has 1 amide bonds. The molecule has 10 nitrogen and oxygen atoms in total. The molecule has 2 atom stereocenters. The summed E-state index contributed by atoms with van der Waals surface area (Å²) in [5.74, 6) is 0.525. The first-order chi connectivity index (χ1) is 21.1. The van der Waals surface area contributed by atoms with E-state index < -0.39 is 9.84 Å². The molecule has 2 aromatic carbocycles. The van der Waals surface area contributed by atoms with Gasteiger partial charge in [0.15, 0.2) is 9.84 Å². The van der Waals surface area contributed by atoms with Crippen molar-refractivity contribution in [1.82, 2.24) is 19.8 Å². The molecule has 2 fully saturated rings. The molecule has 12 heteroatoms. The lowest BCUT2D eigenvalue weighted by atomic mass is 10.0. The van der Waals surface area contributed by atoms with Crippen LogP contribution in [0, 0.1) is 0 Å². The first-order valence-corrected chi connectivity index (χ1v) is 17.5. The van der Waals surface area contributed by atoms with E-state index in [1.54, 1.807) is 4.90 Å². The van der Waals surface area contributed by atoms with Crippen LogP contribution in [0.4, 0.5) is 11.5 Å². The maximum atomic E-state index is 12.7. The Bertz CT molecular complexity index is 1690. The van der Waals surface area contributed by atoms with Gasteiger partial charge in [0.2, 0.25) is 5.91 Å². The summed E-state index contributed by atoms with van der Waals surface area (Å²) in [4.78, 5) is 31.1. The van der Waals surface area contributed by atoms with Crippen molar-refractivity contribution >= 4 is 49.6 Å². The number of hydrogen-bond donors (Lipinski definition) is 0. The van der Waals surface area contributed by atoms with E-state index in [-0.39, 0.29) is 11.9 Å². The number of nitrogens with zero attached hydrogens (tertiary/aromatic N) is 6. The van der Waals surface area contributed by atoms with Gasteiger partial charge in [-0.3, -0.25) is 4.79 Å². The highest BCUT2D eigenvalue weighted by Gasteiger charge is 2.33. The fourth-order valence-corrected chi connectivity index (χ4v) is 7.21. The highest BCUT2D eigenvalue weighted by molar-refractivity contribution is 7.93. The number of hydrogen-bond acceptors (Lipinski definition) is 9. The molecule has 3 aliphatic rings. The van der Waals surface area contributed by atoms with Gasteiger partial charge in [-0.1, -0.05) is 35.9 Å². The normalized spacial score (nSPS) is 20.9. The number of anilines is 2. The molecule has 0 aliphatic carbocycles. The minimum absolute atomic E-state index is 0.0216. The zero-order valence-electron chi connectivity index (χ0n) is 25.4. The summed E-state index contributed by atoms with van der Waals surface area (Å²) in [6.07, 6.45) is 5.96. The Morgan fingerprint density at radius 2 is 1.93 bits per heavy atom. The second kappa shape index (κ2) is 12.5. The number of fused-ring (bicyclic) bond motifs is 2. The largest absolute Gasteiger partial charge is 0.462 e. The molecule has 0 spiro atoms. The molecular formula is C32H39ClN6O4S. The number of benzene rings is 2. The van der Waals surface area contributed by atoms with Crippen LogP contribution >= 0.6 is 11.6 Å². The van der Waals surface area contributed by atoms with Crippen LogP contribution < -0.4 is 14.5 Å². The highest BCUT2D eigenvalue weighted by atomic mass is 35.5. The fraction of sp³-hybridized carbons (Fsp3) is 0.469. The van der Waals surface area contributed by atoms with Crippen LogP contribution in [0.3, 0.4) is 0 Å². The number of rotatable bonds is 8. The van der Waals surface area contributed by atoms with Gasteiger partial charge in [0.05, 0.1) is 17.3 Å². The van der Waals surface area contributed by atoms with Gasteiger partial charge in [0.1, 0.15) is 12.4 Å². The summed E-state index contributed by atoms with van der Waals surface area (Å²) >= 11 is 6.69. The van der Waals surface area contributed by atoms with E-state index in [1.807, 2.05) is 19.2 Å². The number of likely N-dealkylation sites (tertiary alicyclic amines) is 2. The Morgan fingerprint density at radius 1 is 1.14 bits per heavy atom. The molecule has 4 heterocycles. The van der Waals surface area contributed by atoms with Crippen LogP contribution in [-0.4, -0.2) is 99.3 Å². The molecule has 3 aliphatic heterocycles. The monoisotopic (exact) mass is 638 g/mol. The summed E-state index contributed by atoms with van der Waals surface area (Å²) in [7, 11) is 0.762. The molecule has 2 saturated heterocycles. The molecular weight excluding hydrogens is 600 g/mol. The van der Waals surface area contributed by atoms with Gasteiger partial charge < -0.3 is 24.3 Å². The second-order valence-corrected chi connectivity index (χ2v) is 14.4. The van der Waals surface area contributed by atoms with Gasteiger partial charge in [-0.25, -0.2) is 8.42 Å². The van der Waals surface area contributed by atoms with Crippen molar-refractivity contribution in [1.29, 1.82) is 0 Å². The van der Waals surface area contributed by atoms with E-state index in [4.69, 9.17) is 26.3 Å². The van der Waals surface area contributed by atoms with Gasteiger partial charge in [-0.05, 0) is 56.8 Å². The lowest BCUT2D eigenvalue weighted by molar-refractivity contribution is -0.125. The average Bonchev–Trinajstić information content (AvgIpc) is 3.66. The van der Waals surface area contributed by atoms with Crippen molar-refractivity contribution in [3.8, 4) is 6.01 Å². The van der Waals surface area contributed by atoms with Crippen LogP contribution in [-0.2, 0) is 27.6 Å². The van der Waals surface area contributed by atoms with E-state index >= 15 is 0 Å². The third-order valence-corrected chi connectivity index (χ3v) is 10.0. The number of amides is 1. The number of sulfone groups is 1. The number of ether oxygens (including phenoxy) is 1. The van der Waals surface area contributed by atoms with Gasteiger partial charge >= 0.3 is 6.01 Å². The quantitative estimate of drug-likeness (QED) is 0.340. The number of carbonyl (C=O) groups is 1.